The highest BCUT2D eigenvalue weighted by atomic mass is 79.9. The molecule has 104 valence electrons. The molecule has 1 saturated heterocycles. The first-order valence-electron chi connectivity index (χ1n) is 6.09. The monoisotopic (exact) mass is 332 g/mol. The molecule has 1 aromatic rings. The van der Waals surface area contributed by atoms with E-state index in [9.17, 15) is 13.6 Å². The van der Waals surface area contributed by atoms with Gasteiger partial charge >= 0.3 is 0 Å². The van der Waals surface area contributed by atoms with E-state index in [-0.39, 0.29) is 16.1 Å². The number of amides is 1. The van der Waals surface area contributed by atoms with Crippen molar-refractivity contribution < 1.29 is 13.6 Å². The molecule has 3 nitrogen and oxygen atoms in total. The number of carbonyl (C=O) groups excluding carboxylic acids is 1. The lowest BCUT2D eigenvalue weighted by atomic mass is 9.80. The van der Waals surface area contributed by atoms with Gasteiger partial charge in [-0.2, -0.15) is 0 Å². The van der Waals surface area contributed by atoms with E-state index in [4.69, 9.17) is 0 Å². The maximum Gasteiger partial charge on any atom is 0.230 e. The second kappa shape index (κ2) is 5.54. The first-order chi connectivity index (χ1) is 8.92. The molecule has 1 aliphatic rings. The van der Waals surface area contributed by atoms with Crippen molar-refractivity contribution in [3.63, 3.8) is 0 Å². The molecule has 1 fully saturated rings. The second-order valence-corrected chi connectivity index (χ2v) is 5.86. The molecule has 0 spiro atoms. The number of anilines is 1. The van der Waals surface area contributed by atoms with Gasteiger partial charge in [0, 0.05) is 16.0 Å². The summed E-state index contributed by atoms with van der Waals surface area (Å²) >= 11 is 3.06. The topological polar surface area (TPSA) is 41.1 Å². The second-order valence-electron chi connectivity index (χ2n) is 5.01. The van der Waals surface area contributed by atoms with Crippen molar-refractivity contribution in [3.05, 3.63) is 28.2 Å². The van der Waals surface area contributed by atoms with Crippen LogP contribution in [0.5, 0.6) is 0 Å². The SMILES string of the molecule is CC1(C(=O)Nc2c(F)cc(F)cc2Br)CCNCC1. The minimum absolute atomic E-state index is 0.00819. The molecule has 0 aliphatic carbocycles. The fourth-order valence-electron chi connectivity index (χ4n) is 2.13. The third-order valence-electron chi connectivity index (χ3n) is 3.50. The van der Waals surface area contributed by atoms with Crippen LogP contribution in [0.2, 0.25) is 0 Å². The molecule has 0 unspecified atom stereocenters. The zero-order valence-electron chi connectivity index (χ0n) is 10.5. The van der Waals surface area contributed by atoms with E-state index in [1.54, 1.807) is 0 Å². The highest BCUT2D eigenvalue weighted by Crippen LogP contribution is 2.32. The molecular formula is C13H15BrF2N2O. The largest absolute Gasteiger partial charge is 0.322 e. The molecule has 2 N–H and O–H groups in total. The Bertz CT molecular complexity index is 478. The molecule has 2 rings (SSSR count). The maximum atomic E-state index is 13.7. The molecule has 1 amide bonds. The number of halogens is 3. The third-order valence-corrected chi connectivity index (χ3v) is 4.13. The van der Waals surface area contributed by atoms with E-state index >= 15 is 0 Å². The summed E-state index contributed by atoms with van der Waals surface area (Å²) < 4.78 is 26.9. The zero-order chi connectivity index (χ0) is 14.0. The highest BCUT2D eigenvalue weighted by molar-refractivity contribution is 9.10. The van der Waals surface area contributed by atoms with Gasteiger partial charge in [-0.1, -0.05) is 6.92 Å². The Hall–Kier alpha value is -1.01. The van der Waals surface area contributed by atoms with Crippen molar-refractivity contribution in [2.75, 3.05) is 18.4 Å². The zero-order valence-corrected chi connectivity index (χ0v) is 12.1. The summed E-state index contributed by atoms with van der Waals surface area (Å²) in [5, 5.41) is 5.74. The van der Waals surface area contributed by atoms with Crippen molar-refractivity contribution in [1.29, 1.82) is 0 Å². The normalized spacial score (nSPS) is 18.1. The standard InChI is InChI=1S/C13H15BrF2N2O/c1-13(2-4-17-5-3-13)12(19)18-11-9(14)6-8(15)7-10(11)16/h6-7,17H,2-5H2,1H3,(H,18,19). The van der Waals surface area contributed by atoms with Crippen LogP contribution in [-0.2, 0) is 4.79 Å². The van der Waals surface area contributed by atoms with Crippen LogP contribution < -0.4 is 10.6 Å². The van der Waals surface area contributed by atoms with E-state index < -0.39 is 17.0 Å². The van der Waals surface area contributed by atoms with Crippen LogP contribution in [0.15, 0.2) is 16.6 Å². The Kier molecular flexibility index (Phi) is 4.20. The van der Waals surface area contributed by atoms with Gasteiger partial charge < -0.3 is 10.6 Å². The van der Waals surface area contributed by atoms with E-state index in [1.165, 1.54) is 0 Å². The van der Waals surface area contributed by atoms with Gasteiger partial charge in [0.15, 0.2) is 5.82 Å². The van der Waals surface area contributed by atoms with Crippen LogP contribution in [0, 0.1) is 17.0 Å². The Labute approximate surface area is 118 Å². The quantitative estimate of drug-likeness (QED) is 0.873. The summed E-state index contributed by atoms with van der Waals surface area (Å²) in [7, 11) is 0. The summed E-state index contributed by atoms with van der Waals surface area (Å²) in [6.45, 7) is 3.38. The van der Waals surface area contributed by atoms with E-state index in [2.05, 4.69) is 26.6 Å². The molecule has 0 aromatic heterocycles. The molecule has 1 aliphatic heterocycles. The number of nitrogens with one attached hydrogen (secondary N) is 2. The summed E-state index contributed by atoms with van der Waals surface area (Å²) in [5.74, 6) is -1.70. The lowest BCUT2D eigenvalue weighted by Crippen LogP contribution is -2.43. The number of hydrogen-bond donors (Lipinski definition) is 2. The van der Waals surface area contributed by atoms with Gasteiger partial charge in [0.1, 0.15) is 5.82 Å². The number of piperidine rings is 1. The number of hydrogen-bond acceptors (Lipinski definition) is 2. The number of benzene rings is 1. The molecular weight excluding hydrogens is 318 g/mol. The van der Waals surface area contributed by atoms with Gasteiger partial charge in [0.2, 0.25) is 5.91 Å². The Morgan fingerprint density at radius 1 is 1.37 bits per heavy atom. The van der Waals surface area contributed by atoms with Crippen LogP contribution in [0.25, 0.3) is 0 Å². The van der Waals surface area contributed by atoms with Gasteiger partial charge in [-0.3, -0.25) is 4.79 Å². The molecule has 0 bridgehead atoms. The van der Waals surface area contributed by atoms with Gasteiger partial charge in [0.25, 0.3) is 0 Å². The minimum atomic E-state index is -0.780. The molecule has 0 radical (unpaired) electrons. The van der Waals surface area contributed by atoms with Crippen LogP contribution in [0.3, 0.4) is 0 Å². The average molecular weight is 333 g/mol. The van der Waals surface area contributed by atoms with E-state index in [0.29, 0.717) is 12.8 Å². The molecule has 1 heterocycles. The molecule has 19 heavy (non-hydrogen) atoms. The third kappa shape index (κ3) is 3.12. The van der Waals surface area contributed by atoms with Gasteiger partial charge in [-0.15, -0.1) is 0 Å². The predicted molar refractivity (Wildman–Crippen MR) is 72.9 cm³/mol. The predicted octanol–water partition coefficient (Wildman–Crippen LogP) is 3.06. The van der Waals surface area contributed by atoms with Crippen molar-refractivity contribution in [3.8, 4) is 0 Å². The molecule has 6 heteroatoms. The van der Waals surface area contributed by atoms with Crippen LogP contribution >= 0.6 is 15.9 Å². The Morgan fingerprint density at radius 2 is 2.00 bits per heavy atom. The van der Waals surface area contributed by atoms with Crippen LogP contribution in [0.4, 0.5) is 14.5 Å². The fraction of sp³-hybridized carbons (Fsp3) is 0.462. The first kappa shape index (κ1) is 14.4. The lowest BCUT2D eigenvalue weighted by Gasteiger charge is -2.32. The minimum Gasteiger partial charge on any atom is -0.322 e. The van der Waals surface area contributed by atoms with Gasteiger partial charge in [-0.05, 0) is 47.9 Å². The maximum absolute atomic E-state index is 13.7. The number of carbonyl (C=O) groups is 1. The summed E-state index contributed by atoms with van der Waals surface area (Å²) in [4.78, 5) is 12.3. The summed E-state index contributed by atoms with van der Waals surface area (Å²) in [6, 6.07) is 1.88. The van der Waals surface area contributed by atoms with E-state index in [0.717, 1.165) is 25.2 Å². The summed E-state index contributed by atoms with van der Waals surface area (Å²) in [5.41, 5.74) is -0.530. The number of rotatable bonds is 2. The van der Waals surface area contributed by atoms with Gasteiger partial charge in [0.05, 0.1) is 5.69 Å². The lowest BCUT2D eigenvalue weighted by molar-refractivity contribution is -0.126. The summed E-state index contributed by atoms with van der Waals surface area (Å²) in [6.07, 6.45) is 1.39. The fourth-order valence-corrected chi connectivity index (χ4v) is 2.64. The Balaban J connectivity index is 2.19. The smallest absolute Gasteiger partial charge is 0.230 e. The average Bonchev–Trinajstić information content (AvgIpc) is 2.34. The van der Waals surface area contributed by atoms with Gasteiger partial charge in [-0.25, -0.2) is 8.78 Å². The first-order valence-corrected chi connectivity index (χ1v) is 6.88. The van der Waals surface area contributed by atoms with Crippen molar-refractivity contribution in [1.82, 2.24) is 5.32 Å². The van der Waals surface area contributed by atoms with Crippen molar-refractivity contribution in [2.45, 2.75) is 19.8 Å². The Morgan fingerprint density at radius 3 is 2.58 bits per heavy atom. The molecule has 0 saturated carbocycles. The highest BCUT2D eigenvalue weighted by Gasteiger charge is 2.35. The van der Waals surface area contributed by atoms with E-state index in [1.807, 2.05) is 6.92 Å². The van der Waals surface area contributed by atoms with Crippen molar-refractivity contribution >= 4 is 27.5 Å². The molecule has 0 atom stereocenters. The van der Waals surface area contributed by atoms with Crippen LogP contribution in [0.1, 0.15) is 19.8 Å². The molecule has 1 aromatic carbocycles. The van der Waals surface area contributed by atoms with Crippen LogP contribution in [-0.4, -0.2) is 19.0 Å². The van der Waals surface area contributed by atoms with Crippen molar-refractivity contribution in [2.24, 2.45) is 5.41 Å².